The molecule has 3 rings (SSSR count). The lowest BCUT2D eigenvalue weighted by molar-refractivity contribution is -0.145. The average molecular weight is 480 g/mol. The van der Waals surface area contributed by atoms with Gasteiger partial charge < -0.3 is 14.4 Å². The molecule has 0 bridgehead atoms. The molecule has 0 unspecified atom stereocenters. The first-order chi connectivity index (χ1) is 15.8. The lowest BCUT2D eigenvalue weighted by Crippen LogP contribution is -2.50. The molecule has 1 aromatic carbocycles. The van der Waals surface area contributed by atoms with Gasteiger partial charge in [-0.2, -0.15) is 4.31 Å². The van der Waals surface area contributed by atoms with Gasteiger partial charge in [-0.15, -0.1) is 5.10 Å². The van der Waals surface area contributed by atoms with E-state index >= 15 is 0 Å². The number of amides is 1. The zero-order valence-electron chi connectivity index (χ0n) is 19.7. The molecule has 2 aromatic rings. The smallest absolute Gasteiger partial charge is 0.276 e. The van der Waals surface area contributed by atoms with E-state index in [1.54, 1.807) is 23.2 Å². The normalized spacial score (nSPS) is 15.5. The van der Waals surface area contributed by atoms with Crippen LogP contribution < -0.4 is 0 Å². The Bertz CT molecular complexity index is 1010. The van der Waals surface area contributed by atoms with Crippen LogP contribution in [0.3, 0.4) is 0 Å². The maximum atomic E-state index is 13.0. The maximum Gasteiger partial charge on any atom is 0.276 e. The molecule has 1 fully saturated rings. The molecule has 182 valence electrons. The summed E-state index contributed by atoms with van der Waals surface area (Å²) in [7, 11) is -3.60. The molecule has 33 heavy (non-hydrogen) atoms. The van der Waals surface area contributed by atoms with Crippen molar-refractivity contribution < 1.29 is 22.7 Å². The van der Waals surface area contributed by atoms with Crippen molar-refractivity contribution in [2.24, 2.45) is 0 Å². The number of piperazine rings is 1. The van der Waals surface area contributed by atoms with E-state index in [-0.39, 0.29) is 42.7 Å². The van der Waals surface area contributed by atoms with E-state index < -0.39 is 16.3 Å². The lowest BCUT2D eigenvalue weighted by atomic mass is 10.0. The monoisotopic (exact) mass is 479 g/mol. The zero-order chi connectivity index (χ0) is 24.0. The number of nitrogens with zero attached hydrogens (tertiary/aromatic N) is 5. The van der Waals surface area contributed by atoms with Crippen molar-refractivity contribution >= 4 is 15.9 Å². The Hall–Kier alpha value is -2.34. The van der Waals surface area contributed by atoms with Gasteiger partial charge in [-0.25, -0.2) is 13.1 Å². The first kappa shape index (κ1) is 25.3. The van der Waals surface area contributed by atoms with Gasteiger partial charge in [-0.3, -0.25) is 4.79 Å². The van der Waals surface area contributed by atoms with Crippen molar-refractivity contribution in [1.82, 2.24) is 24.2 Å². The quantitative estimate of drug-likeness (QED) is 0.479. The Kier molecular flexibility index (Phi) is 8.57. The van der Waals surface area contributed by atoms with Crippen LogP contribution in [0.2, 0.25) is 0 Å². The third kappa shape index (κ3) is 6.17. The van der Waals surface area contributed by atoms with Crippen molar-refractivity contribution in [3.8, 4) is 0 Å². The van der Waals surface area contributed by atoms with E-state index in [0.717, 1.165) is 5.56 Å². The lowest BCUT2D eigenvalue weighted by Gasteiger charge is -2.33. The summed E-state index contributed by atoms with van der Waals surface area (Å²) in [6.45, 7) is 10.2. The predicted octanol–water partition coefficient (Wildman–Crippen LogP) is 1.95. The summed E-state index contributed by atoms with van der Waals surface area (Å²) in [5.41, 5.74) is 1.30. The number of rotatable bonds is 10. The van der Waals surface area contributed by atoms with Gasteiger partial charge in [0.05, 0.1) is 17.6 Å². The minimum absolute atomic E-state index is 0.210. The summed E-state index contributed by atoms with van der Waals surface area (Å²) in [4.78, 5) is 14.7. The van der Waals surface area contributed by atoms with Crippen LogP contribution in [0.25, 0.3) is 0 Å². The molecule has 0 saturated carbocycles. The van der Waals surface area contributed by atoms with Gasteiger partial charge in [0, 0.05) is 39.4 Å². The molecule has 0 aliphatic carbocycles. The van der Waals surface area contributed by atoms with Gasteiger partial charge in [0.2, 0.25) is 10.0 Å². The second-order valence-corrected chi connectivity index (χ2v) is 10.0. The van der Waals surface area contributed by atoms with E-state index in [1.807, 2.05) is 26.0 Å². The van der Waals surface area contributed by atoms with E-state index in [9.17, 15) is 13.2 Å². The van der Waals surface area contributed by atoms with Crippen LogP contribution in [-0.2, 0) is 26.0 Å². The van der Waals surface area contributed by atoms with Crippen LogP contribution in [0.4, 0.5) is 0 Å². The SMILES string of the molecule is CCOC(Cn1cc(C(=O)N2CCN(S(=O)(=O)c3ccc(C(C)C)cc3)CC2)nn1)OCC. The van der Waals surface area contributed by atoms with Crippen LogP contribution >= 0.6 is 0 Å². The van der Waals surface area contributed by atoms with Crippen molar-refractivity contribution in [2.75, 3.05) is 39.4 Å². The van der Waals surface area contributed by atoms with Crippen LogP contribution in [0.5, 0.6) is 0 Å². The van der Waals surface area contributed by atoms with Gasteiger partial charge in [-0.05, 0) is 37.5 Å². The molecule has 1 aliphatic rings. The van der Waals surface area contributed by atoms with Crippen LogP contribution in [0.1, 0.15) is 49.7 Å². The Morgan fingerprint density at radius 2 is 1.64 bits per heavy atom. The Labute approximate surface area is 195 Å². The van der Waals surface area contributed by atoms with Gasteiger partial charge >= 0.3 is 0 Å². The zero-order valence-corrected chi connectivity index (χ0v) is 20.5. The first-order valence-electron chi connectivity index (χ1n) is 11.3. The number of benzene rings is 1. The maximum absolute atomic E-state index is 13.0. The third-order valence-electron chi connectivity index (χ3n) is 5.51. The van der Waals surface area contributed by atoms with E-state index in [0.29, 0.717) is 25.7 Å². The third-order valence-corrected chi connectivity index (χ3v) is 7.42. The highest BCUT2D eigenvalue weighted by atomic mass is 32.2. The summed E-state index contributed by atoms with van der Waals surface area (Å²) in [5.74, 6) is 0.0578. The van der Waals surface area contributed by atoms with Crippen molar-refractivity contribution in [2.45, 2.75) is 51.3 Å². The number of sulfonamides is 1. The highest BCUT2D eigenvalue weighted by Crippen LogP contribution is 2.21. The molecule has 0 spiro atoms. The predicted molar refractivity (Wildman–Crippen MR) is 122 cm³/mol. The number of hydrogen-bond acceptors (Lipinski definition) is 7. The molecule has 1 aliphatic heterocycles. The molecule has 1 amide bonds. The minimum atomic E-state index is -3.60. The highest BCUT2D eigenvalue weighted by molar-refractivity contribution is 7.89. The topological polar surface area (TPSA) is 107 Å². The fraction of sp³-hybridized carbons (Fsp3) is 0.591. The molecular formula is C22H33N5O5S. The molecule has 0 atom stereocenters. The summed E-state index contributed by atoms with van der Waals surface area (Å²) in [5, 5.41) is 7.98. The second-order valence-electron chi connectivity index (χ2n) is 8.09. The minimum Gasteiger partial charge on any atom is -0.351 e. The number of hydrogen-bond donors (Lipinski definition) is 0. The fourth-order valence-corrected chi connectivity index (χ4v) is 5.05. The van der Waals surface area contributed by atoms with Gasteiger partial charge in [0.25, 0.3) is 5.91 Å². The molecule has 11 heteroatoms. The Balaban J connectivity index is 1.59. The van der Waals surface area contributed by atoms with Crippen molar-refractivity contribution in [3.63, 3.8) is 0 Å². The number of ether oxygens (including phenoxy) is 2. The van der Waals surface area contributed by atoms with Gasteiger partial charge in [0.1, 0.15) is 0 Å². The van der Waals surface area contributed by atoms with Gasteiger partial charge in [0.15, 0.2) is 12.0 Å². The Morgan fingerprint density at radius 1 is 1.03 bits per heavy atom. The number of aromatic nitrogens is 3. The van der Waals surface area contributed by atoms with Crippen molar-refractivity contribution in [3.05, 3.63) is 41.7 Å². The number of carbonyl (C=O) groups excluding carboxylic acids is 1. The highest BCUT2D eigenvalue weighted by Gasteiger charge is 2.31. The molecule has 2 heterocycles. The first-order valence-corrected chi connectivity index (χ1v) is 12.7. The molecule has 0 radical (unpaired) electrons. The molecule has 1 aromatic heterocycles. The summed E-state index contributed by atoms with van der Waals surface area (Å²) in [6.07, 6.45) is 1.10. The second kappa shape index (κ2) is 11.2. The largest absolute Gasteiger partial charge is 0.351 e. The summed E-state index contributed by atoms with van der Waals surface area (Å²) < 4.78 is 39.9. The molecule has 1 saturated heterocycles. The molecule has 10 nitrogen and oxygen atoms in total. The fourth-order valence-electron chi connectivity index (χ4n) is 3.63. The van der Waals surface area contributed by atoms with E-state index in [1.165, 1.54) is 8.99 Å². The molecular weight excluding hydrogens is 446 g/mol. The van der Waals surface area contributed by atoms with E-state index in [4.69, 9.17) is 9.47 Å². The van der Waals surface area contributed by atoms with Gasteiger partial charge in [-0.1, -0.05) is 31.2 Å². The van der Waals surface area contributed by atoms with E-state index in [2.05, 4.69) is 24.2 Å². The molecule has 0 N–H and O–H groups in total. The van der Waals surface area contributed by atoms with Crippen LogP contribution in [-0.4, -0.2) is 84.2 Å². The average Bonchev–Trinajstić information content (AvgIpc) is 3.27. The van der Waals surface area contributed by atoms with Crippen LogP contribution in [0, 0.1) is 0 Å². The summed E-state index contributed by atoms with van der Waals surface area (Å²) >= 11 is 0. The number of carbonyl (C=O) groups is 1. The standard InChI is InChI=1S/C22H33N5O5S/c1-5-31-21(32-6-2)16-26-15-20(23-24-26)22(28)25-11-13-27(14-12-25)33(29,30)19-9-7-18(8-10-19)17(3)4/h7-10,15,17,21H,5-6,11-14,16H2,1-4H3. The Morgan fingerprint density at radius 3 is 2.18 bits per heavy atom. The van der Waals surface area contributed by atoms with Crippen molar-refractivity contribution in [1.29, 1.82) is 0 Å². The summed E-state index contributed by atoms with van der Waals surface area (Å²) in [6, 6.07) is 7.00. The van der Waals surface area contributed by atoms with Crippen LogP contribution in [0.15, 0.2) is 35.4 Å².